The van der Waals surface area contributed by atoms with Crippen LogP contribution in [0.15, 0.2) is 50.6 Å². The maximum atomic E-state index is 13.9. The molecule has 0 aliphatic rings. The highest BCUT2D eigenvalue weighted by molar-refractivity contribution is 9.10. The zero-order chi connectivity index (χ0) is 21.5. The number of carbonyl (C=O) groups is 1. The molecule has 0 bridgehead atoms. The van der Waals surface area contributed by atoms with E-state index in [1.54, 1.807) is 25.1 Å². The SMILES string of the molecule is Cc1c(NC(=O)c2cn(C)c(=O)n(C)c2=O)cccc1-c1cc(F)cc(Br)c1Cl. The smallest absolute Gasteiger partial charge is 0.322 e. The highest BCUT2D eigenvalue weighted by Crippen LogP contribution is 2.38. The summed E-state index contributed by atoms with van der Waals surface area (Å²) < 4.78 is 16.3. The Kier molecular flexibility index (Phi) is 5.77. The van der Waals surface area contributed by atoms with Crippen LogP contribution in [-0.2, 0) is 14.1 Å². The Hall–Kier alpha value is -2.71. The minimum absolute atomic E-state index is 0.175. The van der Waals surface area contributed by atoms with Crippen molar-refractivity contribution in [2.45, 2.75) is 6.92 Å². The molecule has 29 heavy (non-hydrogen) atoms. The summed E-state index contributed by atoms with van der Waals surface area (Å²) in [5, 5.41) is 3.02. The van der Waals surface area contributed by atoms with E-state index >= 15 is 0 Å². The normalized spacial score (nSPS) is 10.8. The molecule has 0 fully saturated rings. The fraction of sp³-hybridized carbons (Fsp3) is 0.150. The van der Waals surface area contributed by atoms with Gasteiger partial charge < -0.3 is 9.88 Å². The van der Waals surface area contributed by atoms with Crippen molar-refractivity contribution >= 4 is 39.1 Å². The van der Waals surface area contributed by atoms with Crippen molar-refractivity contribution in [2.24, 2.45) is 14.1 Å². The van der Waals surface area contributed by atoms with Crippen molar-refractivity contribution in [3.63, 3.8) is 0 Å². The van der Waals surface area contributed by atoms with E-state index < -0.39 is 23.0 Å². The summed E-state index contributed by atoms with van der Waals surface area (Å²) >= 11 is 9.55. The molecule has 0 aliphatic heterocycles. The summed E-state index contributed by atoms with van der Waals surface area (Å²) in [5.41, 5.74) is 0.756. The Bertz CT molecular complexity index is 1270. The van der Waals surface area contributed by atoms with E-state index in [-0.39, 0.29) is 5.56 Å². The predicted molar refractivity (Wildman–Crippen MR) is 114 cm³/mol. The number of rotatable bonds is 3. The lowest BCUT2D eigenvalue weighted by atomic mass is 9.99. The van der Waals surface area contributed by atoms with Crippen LogP contribution in [0.4, 0.5) is 10.1 Å². The molecule has 0 saturated heterocycles. The van der Waals surface area contributed by atoms with Gasteiger partial charge in [-0.25, -0.2) is 9.18 Å². The van der Waals surface area contributed by atoms with Gasteiger partial charge in [0.2, 0.25) is 0 Å². The van der Waals surface area contributed by atoms with Gasteiger partial charge in [0.05, 0.1) is 5.02 Å². The van der Waals surface area contributed by atoms with Gasteiger partial charge in [0.25, 0.3) is 11.5 Å². The molecule has 1 aromatic heterocycles. The molecule has 1 heterocycles. The second kappa shape index (κ2) is 7.96. The molecule has 3 rings (SSSR count). The van der Waals surface area contributed by atoms with Crippen molar-refractivity contribution in [1.82, 2.24) is 9.13 Å². The third kappa shape index (κ3) is 3.90. The second-order valence-electron chi connectivity index (χ2n) is 6.48. The van der Waals surface area contributed by atoms with Gasteiger partial charge in [-0.1, -0.05) is 23.7 Å². The highest BCUT2D eigenvalue weighted by Gasteiger charge is 2.18. The summed E-state index contributed by atoms with van der Waals surface area (Å²) in [4.78, 5) is 36.8. The molecule has 0 unspecified atom stereocenters. The van der Waals surface area contributed by atoms with Gasteiger partial charge in [-0.2, -0.15) is 0 Å². The van der Waals surface area contributed by atoms with Gasteiger partial charge in [-0.05, 0) is 52.2 Å². The average Bonchev–Trinajstić information content (AvgIpc) is 2.67. The fourth-order valence-corrected chi connectivity index (χ4v) is 3.61. The van der Waals surface area contributed by atoms with E-state index in [1.165, 1.54) is 32.4 Å². The number of hydrogen-bond acceptors (Lipinski definition) is 3. The van der Waals surface area contributed by atoms with Crippen molar-refractivity contribution in [3.8, 4) is 11.1 Å². The maximum Gasteiger partial charge on any atom is 0.330 e. The number of aryl methyl sites for hydroxylation is 1. The van der Waals surface area contributed by atoms with E-state index in [1.807, 2.05) is 0 Å². The number of nitrogens with one attached hydrogen (secondary N) is 1. The molecule has 0 atom stereocenters. The number of carbonyl (C=O) groups excluding carboxylic acids is 1. The van der Waals surface area contributed by atoms with Crippen LogP contribution in [-0.4, -0.2) is 15.0 Å². The van der Waals surface area contributed by atoms with Crippen LogP contribution in [0.25, 0.3) is 11.1 Å². The molecule has 2 aromatic carbocycles. The summed E-state index contributed by atoms with van der Waals surface area (Å²) in [6.45, 7) is 1.75. The predicted octanol–water partition coefficient (Wildman–Crippen LogP) is 3.87. The quantitative estimate of drug-likeness (QED) is 0.579. The van der Waals surface area contributed by atoms with Crippen LogP contribution in [0.5, 0.6) is 0 Å². The summed E-state index contributed by atoms with van der Waals surface area (Å²) in [5.74, 6) is -1.12. The minimum Gasteiger partial charge on any atom is -0.322 e. The first-order valence-electron chi connectivity index (χ1n) is 8.44. The van der Waals surface area contributed by atoms with E-state index in [0.717, 1.165) is 9.13 Å². The Morgan fingerprint density at radius 1 is 1.17 bits per heavy atom. The average molecular weight is 481 g/mol. The first kappa shape index (κ1) is 21.0. The van der Waals surface area contributed by atoms with Crippen LogP contribution in [0.1, 0.15) is 15.9 Å². The first-order valence-corrected chi connectivity index (χ1v) is 9.61. The molecular weight excluding hydrogens is 465 g/mol. The fourth-order valence-electron chi connectivity index (χ4n) is 2.97. The lowest BCUT2D eigenvalue weighted by Gasteiger charge is -2.15. The third-order valence-electron chi connectivity index (χ3n) is 4.56. The zero-order valence-corrected chi connectivity index (χ0v) is 18.1. The molecule has 0 radical (unpaired) electrons. The molecule has 1 amide bonds. The number of amides is 1. The van der Waals surface area contributed by atoms with Crippen molar-refractivity contribution in [2.75, 3.05) is 5.32 Å². The number of aromatic nitrogens is 2. The number of anilines is 1. The molecule has 6 nitrogen and oxygen atoms in total. The van der Waals surface area contributed by atoms with Crippen molar-refractivity contribution < 1.29 is 9.18 Å². The Morgan fingerprint density at radius 2 is 1.86 bits per heavy atom. The molecule has 1 N–H and O–H groups in total. The Morgan fingerprint density at radius 3 is 2.55 bits per heavy atom. The number of hydrogen-bond donors (Lipinski definition) is 1. The van der Waals surface area contributed by atoms with Crippen LogP contribution in [0, 0.1) is 12.7 Å². The molecule has 3 aromatic rings. The Labute approximate surface area is 178 Å². The van der Waals surface area contributed by atoms with Crippen molar-refractivity contribution in [1.29, 1.82) is 0 Å². The number of nitrogens with zero attached hydrogens (tertiary/aromatic N) is 2. The standard InChI is InChI=1S/C20H16BrClFN3O3/c1-10-12(13-7-11(23)8-15(21)17(13)22)5-4-6-16(10)24-18(27)14-9-25(2)20(29)26(3)19(14)28/h4-9H,1-3H3,(H,24,27). The molecule has 150 valence electrons. The number of halogens is 3. The van der Waals surface area contributed by atoms with E-state index in [9.17, 15) is 18.8 Å². The van der Waals surface area contributed by atoms with Crippen LogP contribution in [0.2, 0.25) is 5.02 Å². The van der Waals surface area contributed by atoms with Gasteiger partial charge >= 0.3 is 5.69 Å². The van der Waals surface area contributed by atoms with E-state index in [4.69, 9.17) is 11.6 Å². The van der Waals surface area contributed by atoms with Crippen LogP contribution < -0.4 is 16.6 Å². The monoisotopic (exact) mass is 479 g/mol. The molecule has 0 saturated carbocycles. The topological polar surface area (TPSA) is 73.1 Å². The van der Waals surface area contributed by atoms with Gasteiger partial charge in [0.1, 0.15) is 11.4 Å². The molecule has 0 aliphatic carbocycles. The van der Waals surface area contributed by atoms with Crippen molar-refractivity contribution in [3.05, 3.63) is 83.8 Å². The second-order valence-corrected chi connectivity index (χ2v) is 7.71. The van der Waals surface area contributed by atoms with Gasteiger partial charge in [-0.15, -0.1) is 0 Å². The van der Waals surface area contributed by atoms with Gasteiger partial charge in [0.15, 0.2) is 0 Å². The minimum atomic E-state index is -0.698. The third-order valence-corrected chi connectivity index (χ3v) is 5.82. The molecule has 9 heteroatoms. The zero-order valence-electron chi connectivity index (χ0n) is 15.7. The lowest BCUT2D eigenvalue weighted by molar-refractivity contribution is 0.102. The summed E-state index contributed by atoms with van der Waals surface area (Å²) in [7, 11) is 2.76. The maximum absolute atomic E-state index is 13.9. The number of benzene rings is 2. The van der Waals surface area contributed by atoms with Crippen LogP contribution in [0.3, 0.4) is 0 Å². The largest absolute Gasteiger partial charge is 0.330 e. The summed E-state index contributed by atoms with van der Waals surface area (Å²) in [6, 6.07) is 7.67. The van der Waals surface area contributed by atoms with Crippen LogP contribution >= 0.6 is 27.5 Å². The van der Waals surface area contributed by atoms with Gasteiger partial charge in [-0.3, -0.25) is 14.2 Å². The Balaban J connectivity index is 2.05. The van der Waals surface area contributed by atoms with Gasteiger partial charge in [0, 0.05) is 36.0 Å². The lowest BCUT2D eigenvalue weighted by Crippen LogP contribution is -2.40. The van der Waals surface area contributed by atoms with E-state index in [2.05, 4.69) is 21.2 Å². The first-order chi connectivity index (χ1) is 13.6. The van der Waals surface area contributed by atoms with E-state index in [0.29, 0.717) is 31.9 Å². The molecule has 0 spiro atoms. The summed E-state index contributed by atoms with van der Waals surface area (Å²) in [6.07, 6.45) is 1.19. The highest BCUT2D eigenvalue weighted by atomic mass is 79.9. The molecular formula is C20H16BrClFN3O3.